The summed E-state index contributed by atoms with van der Waals surface area (Å²) in [5.41, 5.74) is 0. The molecule has 0 aliphatic heterocycles. The van der Waals surface area contributed by atoms with Crippen LogP contribution in [0.1, 0.15) is 6.42 Å². The fourth-order valence-electron chi connectivity index (χ4n) is 0.645. The van der Waals surface area contributed by atoms with Crippen LogP contribution >= 0.6 is 0 Å². The minimum Gasteiger partial charge on any atom is -0.501 e. The first kappa shape index (κ1) is 5.42. The summed E-state index contributed by atoms with van der Waals surface area (Å²) in [5, 5.41) is 0. The maximum atomic E-state index is 4.97. The van der Waals surface area contributed by atoms with Crippen LogP contribution in [0.2, 0.25) is 0 Å². The molecule has 0 aromatic carbocycles. The molecule has 0 fully saturated rings. The van der Waals surface area contributed by atoms with Gasteiger partial charge in [-0.1, -0.05) is 12.2 Å². The first-order valence-electron chi connectivity index (χ1n) is 2.66. The molecule has 1 nitrogen and oxygen atoms in total. The van der Waals surface area contributed by atoms with Gasteiger partial charge in [0.2, 0.25) is 0 Å². The van der Waals surface area contributed by atoms with Crippen molar-refractivity contribution in [2.45, 2.75) is 6.42 Å². The van der Waals surface area contributed by atoms with Crippen molar-refractivity contribution in [1.82, 2.24) is 0 Å². The Bertz CT molecular complexity index is 122. The summed E-state index contributed by atoms with van der Waals surface area (Å²) in [4.78, 5) is 0. The molecule has 1 aliphatic carbocycles. The number of methoxy groups -OCH3 is 1. The van der Waals surface area contributed by atoms with Gasteiger partial charge < -0.3 is 4.74 Å². The average Bonchev–Trinajstić information content (AvgIpc) is 1.90. The lowest BCUT2D eigenvalue weighted by molar-refractivity contribution is 0.284. The van der Waals surface area contributed by atoms with Crippen LogP contribution in [0.4, 0.5) is 0 Å². The van der Waals surface area contributed by atoms with Gasteiger partial charge >= 0.3 is 0 Å². The van der Waals surface area contributed by atoms with Gasteiger partial charge in [0.1, 0.15) is 0 Å². The number of allylic oxidation sites excluding steroid dienone is 3. The molecule has 1 heteroatoms. The van der Waals surface area contributed by atoms with E-state index in [-0.39, 0.29) is 0 Å². The van der Waals surface area contributed by atoms with Crippen molar-refractivity contribution in [2.75, 3.05) is 7.11 Å². The van der Waals surface area contributed by atoms with Crippen LogP contribution in [0.15, 0.2) is 24.0 Å². The highest BCUT2D eigenvalue weighted by Crippen LogP contribution is 2.09. The molecule has 0 aromatic rings. The van der Waals surface area contributed by atoms with Crippen molar-refractivity contribution in [3.8, 4) is 0 Å². The zero-order chi connectivity index (χ0) is 5.82. The Morgan fingerprint density at radius 1 is 1.62 bits per heavy atom. The minimum absolute atomic E-state index is 0.938. The lowest BCUT2D eigenvalue weighted by Gasteiger charge is -2.04. The fraction of sp³-hybridized carbons (Fsp3) is 0.286. The lowest BCUT2D eigenvalue weighted by Crippen LogP contribution is -1.87. The zero-order valence-corrected chi connectivity index (χ0v) is 4.92. The second-order valence-electron chi connectivity index (χ2n) is 1.66. The summed E-state index contributed by atoms with van der Waals surface area (Å²) < 4.78 is 4.97. The van der Waals surface area contributed by atoms with Gasteiger partial charge in [-0.05, 0) is 6.08 Å². The SMILES string of the molecule is COC1=C[CH]C=CC1. The second kappa shape index (κ2) is 2.55. The maximum absolute atomic E-state index is 4.97. The summed E-state index contributed by atoms with van der Waals surface area (Å²) in [5.74, 6) is 1.03. The molecule has 0 atom stereocenters. The quantitative estimate of drug-likeness (QED) is 0.497. The van der Waals surface area contributed by atoms with E-state index in [0.29, 0.717) is 0 Å². The van der Waals surface area contributed by atoms with Crippen LogP contribution in [0.25, 0.3) is 0 Å². The Balaban J connectivity index is 2.43. The summed E-state index contributed by atoms with van der Waals surface area (Å²) in [7, 11) is 1.69. The van der Waals surface area contributed by atoms with E-state index in [4.69, 9.17) is 4.74 Å². The topological polar surface area (TPSA) is 9.23 Å². The van der Waals surface area contributed by atoms with E-state index in [1.165, 1.54) is 0 Å². The maximum Gasteiger partial charge on any atom is 0.0959 e. The van der Waals surface area contributed by atoms with E-state index in [0.717, 1.165) is 12.2 Å². The van der Waals surface area contributed by atoms with E-state index in [1.54, 1.807) is 7.11 Å². The highest BCUT2D eigenvalue weighted by molar-refractivity contribution is 5.19. The standard InChI is InChI=1S/C7H9O/c1-8-7-5-3-2-4-6-7/h2-5H,6H2,1H3. The molecule has 1 aliphatic rings. The summed E-state index contributed by atoms with van der Waals surface area (Å²) >= 11 is 0. The third kappa shape index (κ3) is 1.12. The van der Waals surface area contributed by atoms with E-state index in [9.17, 15) is 0 Å². The van der Waals surface area contributed by atoms with Crippen molar-refractivity contribution in [3.63, 3.8) is 0 Å². The smallest absolute Gasteiger partial charge is 0.0959 e. The van der Waals surface area contributed by atoms with Gasteiger partial charge in [0.05, 0.1) is 12.9 Å². The van der Waals surface area contributed by atoms with Crippen molar-refractivity contribution in [3.05, 3.63) is 30.4 Å². The Kier molecular flexibility index (Phi) is 1.73. The van der Waals surface area contributed by atoms with Gasteiger partial charge in [-0.2, -0.15) is 0 Å². The molecular formula is C7H9O. The minimum atomic E-state index is 0.938. The van der Waals surface area contributed by atoms with Gasteiger partial charge in [-0.3, -0.25) is 0 Å². The van der Waals surface area contributed by atoms with Crippen molar-refractivity contribution in [2.24, 2.45) is 0 Å². The van der Waals surface area contributed by atoms with Crippen LogP contribution in [-0.2, 0) is 4.74 Å². The molecule has 0 heterocycles. The number of hydrogen-bond acceptors (Lipinski definition) is 1. The number of ether oxygens (including phenoxy) is 1. The van der Waals surface area contributed by atoms with Gasteiger partial charge in [0, 0.05) is 12.8 Å². The Morgan fingerprint density at radius 2 is 2.50 bits per heavy atom. The van der Waals surface area contributed by atoms with Gasteiger partial charge in [0.15, 0.2) is 0 Å². The van der Waals surface area contributed by atoms with Crippen LogP contribution in [0, 0.1) is 6.42 Å². The van der Waals surface area contributed by atoms with E-state index < -0.39 is 0 Å². The molecule has 0 aromatic heterocycles. The molecule has 0 N–H and O–H groups in total. The highest BCUT2D eigenvalue weighted by atomic mass is 16.5. The molecule has 0 saturated carbocycles. The van der Waals surface area contributed by atoms with E-state index >= 15 is 0 Å². The predicted molar refractivity (Wildman–Crippen MR) is 33.1 cm³/mol. The van der Waals surface area contributed by atoms with E-state index in [1.807, 2.05) is 18.6 Å². The van der Waals surface area contributed by atoms with Crippen molar-refractivity contribution < 1.29 is 4.74 Å². The van der Waals surface area contributed by atoms with Gasteiger partial charge in [-0.25, -0.2) is 0 Å². The first-order chi connectivity index (χ1) is 3.93. The summed E-state index contributed by atoms with van der Waals surface area (Å²) in [6.45, 7) is 0. The molecule has 43 valence electrons. The molecule has 0 bridgehead atoms. The Morgan fingerprint density at radius 3 is 2.88 bits per heavy atom. The molecule has 0 saturated heterocycles. The average molecular weight is 109 g/mol. The largest absolute Gasteiger partial charge is 0.501 e. The fourth-order valence-corrected chi connectivity index (χ4v) is 0.645. The van der Waals surface area contributed by atoms with Crippen LogP contribution in [-0.4, -0.2) is 7.11 Å². The zero-order valence-electron chi connectivity index (χ0n) is 4.92. The van der Waals surface area contributed by atoms with Crippen molar-refractivity contribution in [1.29, 1.82) is 0 Å². The van der Waals surface area contributed by atoms with Crippen LogP contribution in [0.5, 0.6) is 0 Å². The monoisotopic (exact) mass is 109 g/mol. The molecule has 8 heavy (non-hydrogen) atoms. The summed E-state index contributed by atoms with van der Waals surface area (Å²) in [6.07, 6.45) is 8.97. The summed E-state index contributed by atoms with van der Waals surface area (Å²) in [6, 6.07) is 0. The number of rotatable bonds is 1. The molecule has 0 amide bonds. The van der Waals surface area contributed by atoms with Gasteiger partial charge in [-0.15, -0.1) is 0 Å². The van der Waals surface area contributed by atoms with Gasteiger partial charge in [0.25, 0.3) is 0 Å². The predicted octanol–water partition coefficient (Wildman–Crippen LogP) is 1.68. The van der Waals surface area contributed by atoms with Crippen LogP contribution in [0.3, 0.4) is 0 Å². The molecule has 0 spiro atoms. The normalized spacial score (nSPS) is 17.9. The lowest BCUT2D eigenvalue weighted by atomic mass is 10.2. The Labute approximate surface area is 49.7 Å². The third-order valence-corrected chi connectivity index (χ3v) is 1.11. The second-order valence-corrected chi connectivity index (χ2v) is 1.66. The van der Waals surface area contributed by atoms with E-state index in [2.05, 4.69) is 6.08 Å². The third-order valence-electron chi connectivity index (χ3n) is 1.11. The molecule has 0 unspecified atom stereocenters. The molecule has 1 rings (SSSR count). The highest BCUT2D eigenvalue weighted by Gasteiger charge is 1.94. The van der Waals surface area contributed by atoms with Crippen molar-refractivity contribution >= 4 is 0 Å². The molecule has 1 radical (unpaired) electrons. The Hall–Kier alpha value is -0.720. The van der Waals surface area contributed by atoms with Crippen LogP contribution < -0.4 is 0 Å². The molecular weight excluding hydrogens is 100 g/mol. The number of hydrogen-bond donors (Lipinski definition) is 0. The first-order valence-corrected chi connectivity index (χ1v) is 2.66.